The molecule has 6 radical (unpaired) electrons. The van der Waals surface area contributed by atoms with Gasteiger partial charge in [0, 0.05) is 0 Å². The quantitative estimate of drug-likeness (QED) is 0.159. The lowest BCUT2D eigenvalue weighted by Gasteiger charge is -2.26. The summed E-state index contributed by atoms with van der Waals surface area (Å²) >= 11 is 0. The Balaban J connectivity index is 5.13. The monoisotopic (exact) mass is 168 g/mol. The van der Waals surface area contributed by atoms with Crippen LogP contribution in [0.5, 0.6) is 0 Å². The van der Waals surface area contributed by atoms with Gasteiger partial charge in [0.25, 0.3) is 7.05 Å². The standard InChI is InChI=1S/C9H18N3/c1-10(2)9(11(3,4)5)12(6,7)8/h1,3,6H,2,4-5,7-8H3/q+3. The van der Waals surface area contributed by atoms with Crippen LogP contribution in [0, 0.1) is 21.1 Å². The zero-order chi connectivity index (χ0) is 10.2. The SMILES string of the molecule is [CH][N+](C)=C([N+]([CH])(C)C)[N+]([CH])(C)C. The Morgan fingerprint density at radius 3 is 1.25 bits per heavy atom. The highest BCUT2D eigenvalue weighted by atomic mass is 15.5. The zero-order valence-electron chi connectivity index (χ0n) is 8.57. The molecule has 0 saturated carbocycles. The minimum atomic E-state index is 0.122. The lowest BCUT2D eigenvalue weighted by Crippen LogP contribution is -2.58. The second kappa shape index (κ2) is 3.15. The van der Waals surface area contributed by atoms with Gasteiger partial charge in [-0.3, -0.25) is 0 Å². The van der Waals surface area contributed by atoms with E-state index in [-0.39, 0.29) is 8.97 Å². The van der Waals surface area contributed by atoms with Crippen LogP contribution in [0.4, 0.5) is 0 Å². The van der Waals surface area contributed by atoms with Gasteiger partial charge in [0.2, 0.25) is 14.1 Å². The van der Waals surface area contributed by atoms with E-state index in [0.29, 0.717) is 5.96 Å². The van der Waals surface area contributed by atoms with Crippen molar-refractivity contribution in [3.63, 3.8) is 0 Å². The van der Waals surface area contributed by atoms with Gasteiger partial charge in [0.15, 0.2) is 0 Å². The van der Waals surface area contributed by atoms with E-state index in [0.717, 1.165) is 0 Å². The van der Waals surface area contributed by atoms with Crippen LogP contribution in [0.15, 0.2) is 0 Å². The number of rotatable bonds is 0. The van der Waals surface area contributed by atoms with Crippen LogP contribution >= 0.6 is 0 Å². The van der Waals surface area contributed by atoms with Crippen molar-refractivity contribution in [2.75, 3.05) is 35.2 Å². The summed E-state index contributed by atoms with van der Waals surface area (Å²) in [5.74, 6) is 0.704. The van der Waals surface area contributed by atoms with E-state index in [2.05, 4.69) is 0 Å². The predicted octanol–water partition coefficient (Wildman–Crippen LogP) is 0.143. The second-order valence-electron chi connectivity index (χ2n) is 3.99. The Bertz CT molecular complexity index is 171. The Labute approximate surface area is 76.7 Å². The average molecular weight is 168 g/mol. The van der Waals surface area contributed by atoms with E-state index < -0.39 is 0 Å². The van der Waals surface area contributed by atoms with Crippen molar-refractivity contribution in [3.05, 3.63) is 21.1 Å². The van der Waals surface area contributed by atoms with E-state index >= 15 is 0 Å². The maximum atomic E-state index is 5.85. The first-order valence-electron chi connectivity index (χ1n) is 3.68. The van der Waals surface area contributed by atoms with Crippen molar-refractivity contribution >= 4 is 5.96 Å². The third kappa shape index (κ3) is 2.91. The topological polar surface area (TPSA) is 3.01 Å². The molecule has 0 aromatic carbocycles. The summed E-state index contributed by atoms with van der Waals surface area (Å²) in [5, 5.41) is 0. The summed E-state index contributed by atoms with van der Waals surface area (Å²) in [7, 11) is 26.3. The maximum Gasteiger partial charge on any atom is 0.534 e. The molecule has 0 heterocycles. The first-order chi connectivity index (χ1) is 5.07. The molecular formula is C9H18N3+3. The Kier molecular flexibility index (Phi) is 3.04. The zero-order valence-corrected chi connectivity index (χ0v) is 8.57. The molecule has 0 rings (SSSR count). The van der Waals surface area contributed by atoms with Crippen LogP contribution < -0.4 is 0 Å². The molecule has 0 aromatic rings. The van der Waals surface area contributed by atoms with Crippen molar-refractivity contribution in [3.8, 4) is 0 Å². The first kappa shape index (κ1) is 11.6. The molecule has 0 atom stereocenters. The molecule has 3 nitrogen and oxygen atoms in total. The van der Waals surface area contributed by atoms with Gasteiger partial charge in [0.1, 0.15) is 7.05 Å². The number of nitrogens with zero attached hydrogens (tertiary/aromatic N) is 3. The average Bonchev–Trinajstić information content (AvgIpc) is 1.49. The Hall–Kier alpha value is -0.410. The largest absolute Gasteiger partial charge is 0.534 e. The van der Waals surface area contributed by atoms with Gasteiger partial charge >= 0.3 is 5.96 Å². The Morgan fingerprint density at radius 2 is 1.25 bits per heavy atom. The summed E-state index contributed by atoms with van der Waals surface area (Å²) in [6.45, 7) is 0. The Morgan fingerprint density at radius 1 is 1.00 bits per heavy atom. The molecule has 0 fully saturated rings. The number of hydrogen-bond acceptors (Lipinski definition) is 0. The van der Waals surface area contributed by atoms with Crippen LogP contribution in [0.2, 0.25) is 0 Å². The molecule has 0 unspecified atom stereocenters. The lowest BCUT2D eigenvalue weighted by atomic mass is 10.5. The van der Waals surface area contributed by atoms with Gasteiger partial charge in [-0.05, 0) is 0 Å². The molecule has 66 valence electrons. The predicted molar refractivity (Wildman–Crippen MR) is 48.3 cm³/mol. The molecule has 0 aliphatic rings. The van der Waals surface area contributed by atoms with E-state index in [1.807, 2.05) is 28.2 Å². The van der Waals surface area contributed by atoms with Gasteiger partial charge < -0.3 is 0 Å². The van der Waals surface area contributed by atoms with E-state index in [1.165, 1.54) is 4.58 Å². The third-order valence-electron chi connectivity index (χ3n) is 1.35. The summed E-state index contributed by atoms with van der Waals surface area (Å²) in [6.07, 6.45) is 0. The van der Waals surface area contributed by atoms with Crippen molar-refractivity contribution in [1.29, 1.82) is 0 Å². The van der Waals surface area contributed by atoms with E-state index in [4.69, 9.17) is 21.1 Å². The van der Waals surface area contributed by atoms with Gasteiger partial charge in [-0.1, -0.05) is 0 Å². The number of hydrogen-bond donors (Lipinski definition) is 0. The van der Waals surface area contributed by atoms with Crippen LogP contribution in [0.1, 0.15) is 0 Å². The van der Waals surface area contributed by atoms with Gasteiger partial charge in [-0.15, -0.1) is 4.58 Å². The van der Waals surface area contributed by atoms with E-state index in [1.54, 1.807) is 7.05 Å². The molecule has 0 saturated heterocycles. The summed E-state index contributed by atoms with van der Waals surface area (Å²) in [5.41, 5.74) is 0. The van der Waals surface area contributed by atoms with Crippen molar-refractivity contribution in [2.45, 2.75) is 0 Å². The normalized spacial score (nSPS) is 13.0. The smallest absolute Gasteiger partial charge is 0.178 e. The first-order valence-corrected chi connectivity index (χ1v) is 3.68. The molecule has 0 aliphatic carbocycles. The van der Waals surface area contributed by atoms with Crippen LogP contribution in [0.25, 0.3) is 0 Å². The van der Waals surface area contributed by atoms with Crippen molar-refractivity contribution in [2.24, 2.45) is 0 Å². The molecule has 0 spiro atoms. The number of quaternary nitrogens is 2. The summed E-state index contributed by atoms with van der Waals surface area (Å²) in [4.78, 5) is 0. The lowest BCUT2D eigenvalue weighted by molar-refractivity contribution is -0.912. The molecule has 0 N–H and O–H groups in total. The van der Waals surface area contributed by atoms with Crippen LogP contribution in [-0.2, 0) is 0 Å². The fourth-order valence-corrected chi connectivity index (χ4v) is 1.48. The van der Waals surface area contributed by atoms with Gasteiger partial charge in [0.05, 0.1) is 28.2 Å². The van der Waals surface area contributed by atoms with Crippen LogP contribution in [0.3, 0.4) is 0 Å². The second-order valence-corrected chi connectivity index (χ2v) is 3.99. The van der Waals surface area contributed by atoms with Gasteiger partial charge in [-0.2, -0.15) is 8.97 Å². The molecule has 0 aromatic heterocycles. The maximum absolute atomic E-state index is 5.85. The highest BCUT2D eigenvalue weighted by Gasteiger charge is 2.42. The van der Waals surface area contributed by atoms with Crippen LogP contribution in [-0.4, -0.2) is 54.7 Å². The highest BCUT2D eigenvalue weighted by molar-refractivity contribution is 5.59. The van der Waals surface area contributed by atoms with E-state index in [9.17, 15) is 0 Å². The molecular weight excluding hydrogens is 150 g/mol. The van der Waals surface area contributed by atoms with Crippen molar-refractivity contribution < 1.29 is 13.5 Å². The molecule has 0 amide bonds. The fourth-order valence-electron chi connectivity index (χ4n) is 1.48. The molecule has 0 bridgehead atoms. The fraction of sp³-hybridized carbons (Fsp3) is 0.556. The minimum Gasteiger partial charge on any atom is -0.178 e. The van der Waals surface area contributed by atoms with Gasteiger partial charge in [-0.25, -0.2) is 0 Å². The highest BCUT2D eigenvalue weighted by Crippen LogP contribution is 2.06. The summed E-state index contributed by atoms with van der Waals surface area (Å²) in [6, 6.07) is 0. The molecule has 0 aliphatic heterocycles. The molecule has 3 heteroatoms. The number of guanidine groups is 1. The third-order valence-corrected chi connectivity index (χ3v) is 1.35. The summed E-state index contributed by atoms with van der Waals surface area (Å²) < 4.78 is 1.69. The minimum absolute atomic E-state index is 0.122. The molecule has 12 heavy (non-hydrogen) atoms. The van der Waals surface area contributed by atoms with Crippen molar-refractivity contribution in [1.82, 2.24) is 0 Å².